The summed E-state index contributed by atoms with van der Waals surface area (Å²) in [6.07, 6.45) is 4.27. The monoisotopic (exact) mass is 302 g/mol. The fraction of sp³-hybridized carbons (Fsp3) is 0.250. The van der Waals surface area contributed by atoms with Gasteiger partial charge in [0.2, 0.25) is 0 Å². The van der Waals surface area contributed by atoms with Crippen LogP contribution in [-0.4, -0.2) is 23.3 Å². The molecule has 5 heteroatoms. The fourth-order valence-electron chi connectivity index (χ4n) is 2.45. The standard InChI is InChI=1S/C16H14O4S/c1-16(20-9-14(17)18)7-6-13-11(8-16)15(19)10-4-2-3-5-12(10)21-13/h2-6,8H,7,9H2,1H3,(H,17,18). The second-order valence-corrected chi connectivity index (χ2v) is 6.34. The van der Waals surface area contributed by atoms with Crippen LogP contribution < -0.4 is 15.2 Å². The van der Waals surface area contributed by atoms with Crippen LogP contribution in [0.2, 0.25) is 0 Å². The minimum Gasteiger partial charge on any atom is -0.480 e. The van der Waals surface area contributed by atoms with Gasteiger partial charge in [0, 0.05) is 19.8 Å². The molecule has 1 unspecified atom stereocenters. The molecule has 1 aromatic carbocycles. The highest BCUT2D eigenvalue weighted by Gasteiger charge is 2.25. The molecule has 21 heavy (non-hydrogen) atoms. The van der Waals surface area contributed by atoms with Gasteiger partial charge < -0.3 is 9.84 Å². The summed E-state index contributed by atoms with van der Waals surface area (Å²) in [5, 5.41) is 10.0. The Hall–Kier alpha value is -1.98. The van der Waals surface area contributed by atoms with Gasteiger partial charge >= 0.3 is 5.97 Å². The third-order valence-electron chi connectivity index (χ3n) is 3.53. The number of ether oxygens (including phenoxy) is 1. The number of rotatable bonds is 3. The Balaban J connectivity index is 2.19. The van der Waals surface area contributed by atoms with E-state index >= 15 is 0 Å². The number of hydrogen-bond acceptors (Lipinski definition) is 4. The van der Waals surface area contributed by atoms with Gasteiger partial charge in [-0.15, -0.1) is 11.3 Å². The first-order valence-electron chi connectivity index (χ1n) is 6.59. The summed E-state index contributed by atoms with van der Waals surface area (Å²) >= 11 is 1.57. The number of carboxylic acids is 1. The molecular weight excluding hydrogens is 288 g/mol. The minimum absolute atomic E-state index is 0.0274. The van der Waals surface area contributed by atoms with Crippen molar-refractivity contribution in [3.05, 3.63) is 44.2 Å². The smallest absolute Gasteiger partial charge is 0.329 e. The molecular formula is C16H14O4S. The van der Waals surface area contributed by atoms with E-state index in [9.17, 15) is 9.59 Å². The Morgan fingerprint density at radius 2 is 2.19 bits per heavy atom. The largest absolute Gasteiger partial charge is 0.480 e. The summed E-state index contributed by atoms with van der Waals surface area (Å²) in [5.74, 6) is -1.01. The van der Waals surface area contributed by atoms with Crippen LogP contribution in [-0.2, 0) is 9.53 Å². The molecule has 1 aliphatic rings. The molecule has 0 bridgehead atoms. The van der Waals surface area contributed by atoms with Gasteiger partial charge in [-0.2, -0.15) is 0 Å². The summed E-state index contributed by atoms with van der Waals surface area (Å²) in [4.78, 5) is 23.2. The molecule has 0 radical (unpaired) electrons. The molecule has 2 aromatic rings. The first kappa shape index (κ1) is 14.0. The van der Waals surface area contributed by atoms with E-state index in [0.29, 0.717) is 17.0 Å². The Labute approximate surface area is 124 Å². The van der Waals surface area contributed by atoms with Gasteiger partial charge in [-0.3, -0.25) is 4.79 Å². The van der Waals surface area contributed by atoms with E-state index in [1.54, 1.807) is 24.3 Å². The van der Waals surface area contributed by atoms with Gasteiger partial charge in [-0.1, -0.05) is 18.2 Å². The Morgan fingerprint density at radius 3 is 2.95 bits per heavy atom. The summed E-state index contributed by atoms with van der Waals surface area (Å²) < 4.78 is 7.32. The number of benzene rings is 1. The number of carbonyl (C=O) groups is 1. The average Bonchev–Trinajstić information content (AvgIpc) is 2.47. The van der Waals surface area contributed by atoms with E-state index < -0.39 is 11.6 Å². The molecule has 0 saturated carbocycles. The molecule has 1 aliphatic carbocycles. The van der Waals surface area contributed by atoms with Gasteiger partial charge in [0.15, 0.2) is 5.43 Å². The van der Waals surface area contributed by atoms with Crippen molar-refractivity contribution in [1.29, 1.82) is 0 Å². The van der Waals surface area contributed by atoms with Gasteiger partial charge in [0.05, 0.1) is 5.60 Å². The molecule has 1 aromatic heterocycles. The third kappa shape index (κ3) is 2.62. The molecule has 0 amide bonds. The lowest BCUT2D eigenvalue weighted by Gasteiger charge is -2.26. The zero-order valence-corrected chi connectivity index (χ0v) is 12.3. The van der Waals surface area contributed by atoms with Crippen molar-refractivity contribution in [2.75, 3.05) is 6.61 Å². The molecule has 1 atom stereocenters. The van der Waals surface area contributed by atoms with Crippen LogP contribution in [0, 0.1) is 0 Å². The zero-order chi connectivity index (χ0) is 15.0. The molecule has 108 valence electrons. The van der Waals surface area contributed by atoms with Crippen LogP contribution in [0.15, 0.2) is 29.1 Å². The Morgan fingerprint density at radius 1 is 1.43 bits per heavy atom. The van der Waals surface area contributed by atoms with Gasteiger partial charge in [0.1, 0.15) is 6.61 Å². The Kier molecular flexibility index (Phi) is 3.39. The molecule has 1 heterocycles. The van der Waals surface area contributed by atoms with Crippen molar-refractivity contribution in [1.82, 2.24) is 0 Å². The lowest BCUT2D eigenvalue weighted by molar-refractivity contribution is -0.145. The van der Waals surface area contributed by atoms with Crippen molar-refractivity contribution >= 4 is 39.5 Å². The van der Waals surface area contributed by atoms with Crippen LogP contribution in [0.1, 0.15) is 13.3 Å². The quantitative estimate of drug-likeness (QED) is 0.922. The highest BCUT2D eigenvalue weighted by Crippen LogP contribution is 2.20. The van der Waals surface area contributed by atoms with E-state index in [1.165, 1.54) is 0 Å². The first-order valence-corrected chi connectivity index (χ1v) is 7.41. The summed E-state index contributed by atoms with van der Waals surface area (Å²) in [6, 6.07) is 7.50. The van der Waals surface area contributed by atoms with Crippen LogP contribution in [0.25, 0.3) is 22.2 Å². The second-order valence-electron chi connectivity index (χ2n) is 5.25. The normalized spacial score (nSPS) is 20.4. The minimum atomic E-state index is -1.01. The van der Waals surface area contributed by atoms with E-state index in [4.69, 9.17) is 9.84 Å². The first-order chi connectivity index (χ1) is 9.98. The molecule has 0 saturated heterocycles. The van der Waals surface area contributed by atoms with Crippen LogP contribution in [0.5, 0.6) is 0 Å². The predicted octanol–water partition coefficient (Wildman–Crippen LogP) is 1.09. The SMILES string of the molecule is CC1(OCC(=O)O)C=c2c(sc3ccccc3c2=O)=CC1. The van der Waals surface area contributed by atoms with Gasteiger partial charge in [-0.05, 0) is 31.6 Å². The highest BCUT2D eigenvalue weighted by molar-refractivity contribution is 7.16. The second kappa shape index (κ2) is 5.09. The predicted molar refractivity (Wildman–Crippen MR) is 82.9 cm³/mol. The van der Waals surface area contributed by atoms with Crippen molar-refractivity contribution < 1.29 is 14.6 Å². The number of hydrogen-bond donors (Lipinski definition) is 1. The molecule has 4 nitrogen and oxygen atoms in total. The van der Waals surface area contributed by atoms with Crippen molar-refractivity contribution in [2.45, 2.75) is 18.9 Å². The Bertz CT molecular complexity index is 897. The number of aliphatic carboxylic acids is 1. The van der Waals surface area contributed by atoms with E-state index in [-0.39, 0.29) is 12.0 Å². The van der Waals surface area contributed by atoms with Crippen molar-refractivity contribution in [3.63, 3.8) is 0 Å². The summed E-state index contributed by atoms with van der Waals surface area (Å²) in [5.41, 5.74) is -0.778. The third-order valence-corrected chi connectivity index (χ3v) is 4.71. The molecule has 0 fully saturated rings. The number of carboxylic acid groups (broad SMARTS) is 1. The maximum absolute atomic E-state index is 12.6. The van der Waals surface area contributed by atoms with Crippen LogP contribution in [0.4, 0.5) is 0 Å². The van der Waals surface area contributed by atoms with Gasteiger partial charge in [-0.25, -0.2) is 4.79 Å². The van der Waals surface area contributed by atoms with E-state index in [1.807, 2.05) is 30.3 Å². The van der Waals surface area contributed by atoms with Crippen molar-refractivity contribution in [3.8, 4) is 0 Å². The maximum atomic E-state index is 12.6. The molecule has 3 rings (SSSR count). The van der Waals surface area contributed by atoms with E-state index in [0.717, 1.165) is 9.23 Å². The van der Waals surface area contributed by atoms with Crippen LogP contribution >= 0.6 is 11.3 Å². The van der Waals surface area contributed by atoms with Crippen molar-refractivity contribution in [2.24, 2.45) is 0 Å². The average molecular weight is 302 g/mol. The summed E-state index contributed by atoms with van der Waals surface area (Å²) in [7, 11) is 0. The lowest BCUT2D eigenvalue weighted by Crippen LogP contribution is -2.45. The van der Waals surface area contributed by atoms with Crippen LogP contribution in [0.3, 0.4) is 0 Å². The molecule has 1 N–H and O–H groups in total. The zero-order valence-electron chi connectivity index (χ0n) is 11.5. The topological polar surface area (TPSA) is 63.6 Å². The summed E-state index contributed by atoms with van der Waals surface area (Å²) in [6.45, 7) is 1.43. The lowest BCUT2D eigenvalue weighted by atomic mass is 9.96. The van der Waals surface area contributed by atoms with Gasteiger partial charge in [0.25, 0.3) is 0 Å². The molecule has 0 aliphatic heterocycles. The van der Waals surface area contributed by atoms with E-state index in [2.05, 4.69) is 0 Å². The fourth-order valence-corrected chi connectivity index (χ4v) is 3.53. The number of fused-ring (bicyclic) bond motifs is 2. The highest BCUT2D eigenvalue weighted by atomic mass is 32.1. The molecule has 0 spiro atoms. The maximum Gasteiger partial charge on any atom is 0.329 e.